The molecule has 144 valence electrons. The largest absolute Gasteiger partial charge is 0.342 e. The molecule has 8 heteroatoms. The molecule has 3 aromatic rings. The van der Waals surface area contributed by atoms with Crippen LogP contribution in [0.25, 0.3) is 10.9 Å². The fourth-order valence-electron chi connectivity index (χ4n) is 2.88. The summed E-state index contributed by atoms with van der Waals surface area (Å²) in [6.07, 6.45) is 0. The summed E-state index contributed by atoms with van der Waals surface area (Å²) in [4.78, 5) is 52.0. The minimum Gasteiger partial charge on any atom is -0.342 e. The number of aromatic amines is 1. The first kappa shape index (κ1) is 19.1. The van der Waals surface area contributed by atoms with Crippen molar-refractivity contribution < 1.29 is 9.59 Å². The van der Waals surface area contributed by atoms with Gasteiger partial charge in [0.25, 0.3) is 5.56 Å². The van der Waals surface area contributed by atoms with Crippen molar-refractivity contribution in [3.63, 3.8) is 0 Å². The van der Waals surface area contributed by atoms with E-state index in [2.05, 4.69) is 10.3 Å². The number of hydrogen-bond acceptors (Lipinski definition) is 4. The first-order valence-electron chi connectivity index (χ1n) is 8.68. The Bertz CT molecular complexity index is 1160. The molecule has 0 radical (unpaired) electrons. The van der Waals surface area contributed by atoms with E-state index < -0.39 is 17.2 Å². The third-order valence-corrected chi connectivity index (χ3v) is 4.44. The molecule has 8 nitrogen and oxygen atoms in total. The van der Waals surface area contributed by atoms with E-state index in [-0.39, 0.29) is 12.5 Å². The highest BCUT2D eigenvalue weighted by Crippen LogP contribution is 2.17. The third kappa shape index (κ3) is 4.01. The second-order valence-corrected chi connectivity index (χ2v) is 6.44. The number of fused-ring (bicyclic) bond motifs is 1. The number of benzene rings is 2. The predicted octanol–water partition coefficient (Wildman–Crippen LogP) is 1.31. The van der Waals surface area contributed by atoms with Crippen molar-refractivity contribution in [3.05, 3.63) is 74.9 Å². The number of H-pyrrole nitrogens is 1. The maximum absolute atomic E-state index is 12.6. The SMILES string of the molecule is CC(=O)N(C)Cc1ccccc1NC(=O)Cn1c(=O)[nH]c(=O)c2ccccc21. The number of nitrogens with one attached hydrogen (secondary N) is 2. The second-order valence-electron chi connectivity index (χ2n) is 6.44. The van der Waals surface area contributed by atoms with Gasteiger partial charge in [-0.25, -0.2) is 4.79 Å². The Morgan fingerprint density at radius 2 is 1.75 bits per heavy atom. The lowest BCUT2D eigenvalue weighted by atomic mass is 10.1. The Kier molecular flexibility index (Phi) is 5.39. The summed E-state index contributed by atoms with van der Waals surface area (Å²) >= 11 is 0. The van der Waals surface area contributed by atoms with Crippen molar-refractivity contribution >= 4 is 28.4 Å². The molecule has 0 aliphatic rings. The molecule has 0 aliphatic heterocycles. The van der Waals surface area contributed by atoms with Gasteiger partial charge in [-0.2, -0.15) is 0 Å². The van der Waals surface area contributed by atoms with Crippen LogP contribution in [0.4, 0.5) is 5.69 Å². The number of hydrogen-bond donors (Lipinski definition) is 2. The van der Waals surface area contributed by atoms with E-state index in [0.717, 1.165) is 5.56 Å². The number of carbonyl (C=O) groups is 2. The van der Waals surface area contributed by atoms with E-state index in [1.807, 2.05) is 12.1 Å². The van der Waals surface area contributed by atoms with Gasteiger partial charge in [-0.15, -0.1) is 0 Å². The molecule has 0 aliphatic carbocycles. The van der Waals surface area contributed by atoms with E-state index in [1.54, 1.807) is 43.4 Å². The Balaban J connectivity index is 1.87. The minimum atomic E-state index is -0.650. The third-order valence-electron chi connectivity index (χ3n) is 4.44. The van der Waals surface area contributed by atoms with Crippen LogP contribution in [0.2, 0.25) is 0 Å². The van der Waals surface area contributed by atoms with Crippen LogP contribution in [0.1, 0.15) is 12.5 Å². The fourth-order valence-corrected chi connectivity index (χ4v) is 2.88. The number of amides is 2. The van der Waals surface area contributed by atoms with E-state index in [0.29, 0.717) is 23.1 Å². The highest BCUT2D eigenvalue weighted by molar-refractivity contribution is 5.92. The van der Waals surface area contributed by atoms with Gasteiger partial charge in [0.15, 0.2) is 0 Å². The van der Waals surface area contributed by atoms with Crippen LogP contribution in [0.5, 0.6) is 0 Å². The van der Waals surface area contributed by atoms with Gasteiger partial charge < -0.3 is 10.2 Å². The van der Waals surface area contributed by atoms with Crippen molar-refractivity contribution in [3.8, 4) is 0 Å². The van der Waals surface area contributed by atoms with Gasteiger partial charge in [-0.05, 0) is 23.8 Å². The summed E-state index contributed by atoms with van der Waals surface area (Å²) < 4.78 is 1.22. The molecule has 1 aromatic heterocycles. The average molecular weight is 380 g/mol. The second kappa shape index (κ2) is 7.91. The van der Waals surface area contributed by atoms with Crippen LogP contribution in [-0.2, 0) is 22.7 Å². The number of aromatic nitrogens is 2. The van der Waals surface area contributed by atoms with Gasteiger partial charge in [0.1, 0.15) is 6.54 Å². The van der Waals surface area contributed by atoms with Gasteiger partial charge in [0.05, 0.1) is 10.9 Å². The average Bonchev–Trinajstić information content (AvgIpc) is 2.66. The molecule has 1 heterocycles. The van der Waals surface area contributed by atoms with Gasteiger partial charge in [-0.3, -0.25) is 23.9 Å². The highest BCUT2D eigenvalue weighted by Gasteiger charge is 2.13. The number of anilines is 1. The summed E-state index contributed by atoms with van der Waals surface area (Å²) in [6.45, 7) is 1.55. The number of para-hydroxylation sites is 2. The first-order valence-corrected chi connectivity index (χ1v) is 8.68. The maximum atomic E-state index is 12.6. The van der Waals surface area contributed by atoms with Crippen molar-refractivity contribution in [1.82, 2.24) is 14.5 Å². The van der Waals surface area contributed by atoms with Gasteiger partial charge >= 0.3 is 5.69 Å². The monoisotopic (exact) mass is 380 g/mol. The Morgan fingerprint density at radius 1 is 1.07 bits per heavy atom. The summed E-state index contributed by atoms with van der Waals surface area (Å²) in [6, 6.07) is 13.7. The number of carbonyl (C=O) groups excluding carboxylic acids is 2. The lowest BCUT2D eigenvalue weighted by Crippen LogP contribution is -2.34. The van der Waals surface area contributed by atoms with Crippen LogP contribution >= 0.6 is 0 Å². The Labute approximate surface area is 160 Å². The normalized spacial score (nSPS) is 10.6. The van der Waals surface area contributed by atoms with Crippen molar-refractivity contribution in [1.29, 1.82) is 0 Å². The van der Waals surface area contributed by atoms with Crippen molar-refractivity contribution in [2.45, 2.75) is 20.0 Å². The van der Waals surface area contributed by atoms with Crippen molar-refractivity contribution in [2.24, 2.45) is 0 Å². The van der Waals surface area contributed by atoms with Crippen LogP contribution in [0.15, 0.2) is 58.1 Å². The molecule has 28 heavy (non-hydrogen) atoms. The zero-order chi connectivity index (χ0) is 20.3. The smallest absolute Gasteiger partial charge is 0.329 e. The number of rotatable bonds is 5. The first-order chi connectivity index (χ1) is 13.4. The van der Waals surface area contributed by atoms with Gasteiger partial charge in [0.2, 0.25) is 11.8 Å². The molecule has 0 bridgehead atoms. The highest BCUT2D eigenvalue weighted by atomic mass is 16.2. The molecule has 3 rings (SSSR count). The molecular formula is C20H20N4O4. The molecule has 0 spiro atoms. The van der Waals surface area contributed by atoms with Gasteiger partial charge in [-0.1, -0.05) is 30.3 Å². The summed E-state index contributed by atoms with van der Waals surface area (Å²) in [5.74, 6) is -0.510. The standard InChI is InChI=1S/C20H20N4O4/c1-13(25)23(2)11-14-7-3-5-9-16(14)21-18(26)12-24-17-10-6-4-8-15(17)19(27)22-20(24)28/h3-10H,11-12H2,1-2H3,(H,21,26)(H,22,27,28). The lowest BCUT2D eigenvalue weighted by Gasteiger charge is -2.18. The molecule has 2 aromatic carbocycles. The number of nitrogens with zero attached hydrogens (tertiary/aromatic N) is 2. The molecular weight excluding hydrogens is 360 g/mol. The lowest BCUT2D eigenvalue weighted by molar-refractivity contribution is -0.128. The van der Waals surface area contributed by atoms with Crippen LogP contribution in [0.3, 0.4) is 0 Å². The Hall–Kier alpha value is -3.68. The minimum absolute atomic E-state index is 0.0904. The predicted molar refractivity (Wildman–Crippen MR) is 106 cm³/mol. The molecule has 0 atom stereocenters. The Morgan fingerprint density at radius 3 is 2.50 bits per heavy atom. The maximum Gasteiger partial charge on any atom is 0.329 e. The molecule has 0 unspecified atom stereocenters. The summed E-state index contributed by atoms with van der Waals surface area (Å²) in [7, 11) is 1.67. The molecule has 0 saturated carbocycles. The molecule has 2 amide bonds. The van der Waals surface area contributed by atoms with E-state index in [1.165, 1.54) is 16.4 Å². The van der Waals surface area contributed by atoms with Gasteiger partial charge in [0, 0.05) is 26.2 Å². The van der Waals surface area contributed by atoms with Crippen LogP contribution in [0, 0.1) is 0 Å². The topological polar surface area (TPSA) is 104 Å². The zero-order valence-electron chi connectivity index (χ0n) is 15.6. The molecule has 0 fully saturated rings. The summed E-state index contributed by atoms with van der Waals surface area (Å²) in [5.41, 5.74) is 0.573. The van der Waals surface area contributed by atoms with E-state index in [9.17, 15) is 19.2 Å². The quantitative estimate of drug-likeness (QED) is 0.696. The molecule has 2 N–H and O–H groups in total. The van der Waals surface area contributed by atoms with Crippen molar-refractivity contribution in [2.75, 3.05) is 12.4 Å². The zero-order valence-corrected chi connectivity index (χ0v) is 15.6. The van der Waals surface area contributed by atoms with E-state index in [4.69, 9.17) is 0 Å². The van der Waals surface area contributed by atoms with E-state index >= 15 is 0 Å². The van der Waals surface area contributed by atoms with Crippen LogP contribution in [-0.4, -0.2) is 33.3 Å². The fraction of sp³-hybridized carbons (Fsp3) is 0.200. The summed E-state index contributed by atoms with van der Waals surface area (Å²) in [5, 5.41) is 3.11. The molecule has 0 saturated heterocycles. The van der Waals surface area contributed by atoms with Crippen LogP contribution < -0.4 is 16.6 Å².